The van der Waals surface area contributed by atoms with E-state index in [1.807, 2.05) is 73.3 Å². The molecule has 0 amide bonds. The predicted octanol–water partition coefficient (Wildman–Crippen LogP) is 10.1. The Morgan fingerprint density at radius 3 is 0.942 bits per heavy atom. The van der Waals surface area contributed by atoms with Gasteiger partial charge in [-0.25, -0.2) is 9.97 Å². The van der Waals surface area contributed by atoms with Crippen LogP contribution in [0.4, 0.5) is 0 Å². The molecule has 0 spiro atoms. The number of nitrogens with one attached hydrogen (secondary N) is 2. The summed E-state index contributed by atoms with van der Waals surface area (Å²) in [5.41, 5.74) is 14.9. The summed E-state index contributed by atoms with van der Waals surface area (Å²) in [6, 6.07) is 32.7. The highest BCUT2D eigenvalue weighted by atomic mass is 16.5. The first kappa shape index (κ1) is 31.0. The highest BCUT2D eigenvalue weighted by Gasteiger charge is 2.19. The van der Waals surface area contributed by atoms with Crippen molar-refractivity contribution in [2.75, 3.05) is 14.2 Å². The molecular formula is C44H32N6O2. The summed E-state index contributed by atoms with van der Waals surface area (Å²) in [6.07, 6.45) is 15.6. The van der Waals surface area contributed by atoms with E-state index in [4.69, 9.17) is 19.4 Å². The SMILES string of the molecule is COc1ccc(-c2c3nc(c(-c4ccc(OC)cc4)c4ccc([nH]4)c(-c4ccncc4)c4nc(c(-c5ccncc5)c5ccc2[nH]5)C=C4)C=C3)cc1. The number of ether oxygens (including phenoxy) is 2. The van der Waals surface area contributed by atoms with Crippen molar-refractivity contribution in [2.45, 2.75) is 0 Å². The van der Waals surface area contributed by atoms with Crippen LogP contribution in [0.1, 0.15) is 22.8 Å². The van der Waals surface area contributed by atoms with Gasteiger partial charge in [-0.1, -0.05) is 24.3 Å². The molecule has 0 atom stereocenters. The van der Waals surface area contributed by atoms with E-state index in [2.05, 4.69) is 92.8 Å². The lowest BCUT2D eigenvalue weighted by Crippen LogP contribution is -1.90. The number of pyridine rings is 2. The Morgan fingerprint density at radius 2 is 0.654 bits per heavy atom. The Hall–Kier alpha value is -7.06. The van der Waals surface area contributed by atoms with Crippen molar-refractivity contribution in [1.29, 1.82) is 0 Å². The molecule has 7 heterocycles. The van der Waals surface area contributed by atoms with Crippen LogP contribution >= 0.6 is 0 Å². The van der Waals surface area contributed by atoms with Crippen LogP contribution in [0.2, 0.25) is 0 Å². The van der Waals surface area contributed by atoms with Gasteiger partial charge in [-0.15, -0.1) is 0 Å². The smallest absolute Gasteiger partial charge is 0.118 e. The van der Waals surface area contributed by atoms with E-state index in [-0.39, 0.29) is 0 Å². The molecule has 2 N–H and O–H groups in total. The van der Waals surface area contributed by atoms with Crippen molar-refractivity contribution in [1.82, 2.24) is 29.9 Å². The maximum atomic E-state index is 5.51. The normalized spacial score (nSPS) is 11.9. The molecule has 0 fully saturated rings. The minimum Gasteiger partial charge on any atom is -0.497 e. The van der Waals surface area contributed by atoms with Gasteiger partial charge in [-0.2, -0.15) is 0 Å². The Labute approximate surface area is 299 Å². The zero-order valence-corrected chi connectivity index (χ0v) is 28.5. The van der Waals surface area contributed by atoms with Crippen LogP contribution in [0.5, 0.6) is 11.5 Å². The first-order chi connectivity index (χ1) is 25.7. The minimum absolute atomic E-state index is 0.785. The summed E-state index contributed by atoms with van der Waals surface area (Å²) in [5.74, 6) is 1.57. The van der Waals surface area contributed by atoms with Gasteiger partial charge in [-0.3, -0.25) is 9.97 Å². The standard InChI is InChI=1S/C44H32N6O2/c1-51-31-7-3-27(4-8-31)41-33-11-12-34(47-33)42(28-5-9-32(52-2)10-6-28)36-14-16-38(49-36)44(30-21-25-46-26-22-30)40-18-17-39(50-40)43(29-19-23-45-24-20-29)37-15-13-35(41)48-37/h3-26,48-49H,1-2H3. The summed E-state index contributed by atoms with van der Waals surface area (Å²) in [6.45, 7) is 0. The first-order valence-electron chi connectivity index (χ1n) is 16.9. The van der Waals surface area contributed by atoms with E-state index in [1.165, 1.54) is 0 Å². The summed E-state index contributed by atoms with van der Waals surface area (Å²) in [5, 5.41) is 0. The first-order valence-corrected chi connectivity index (χ1v) is 16.9. The van der Waals surface area contributed by atoms with Crippen LogP contribution in [0.15, 0.2) is 122 Å². The molecule has 7 aromatic rings. The second kappa shape index (κ2) is 13.0. The van der Waals surface area contributed by atoms with E-state index in [9.17, 15) is 0 Å². The third-order valence-electron chi connectivity index (χ3n) is 9.45. The number of aromatic nitrogens is 6. The molecule has 8 bridgehead atoms. The fourth-order valence-electron chi connectivity index (χ4n) is 6.97. The number of hydrogen-bond acceptors (Lipinski definition) is 6. The molecule has 5 aromatic heterocycles. The predicted molar refractivity (Wildman–Crippen MR) is 209 cm³/mol. The summed E-state index contributed by atoms with van der Waals surface area (Å²) < 4.78 is 11.0. The van der Waals surface area contributed by atoms with Gasteiger partial charge in [0.25, 0.3) is 0 Å². The van der Waals surface area contributed by atoms with Gasteiger partial charge in [0.15, 0.2) is 0 Å². The molecule has 0 radical (unpaired) electrons. The lowest BCUT2D eigenvalue weighted by Gasteiger charge is -2.07. The number of H-pyrrole nitrogens is 2. The monoisotopic (exact) mass is 676 g/mol. The van der Waals surface area contributed by atoms with E-state index in [0.29, 0.717) is 0 Å². The number of methoxy groups -OCH3 is 2. The van der Waals surface area contributed by atoms with Crippen molar-refractivity contribution in [3.63, 3.8) is 0 Å². The van der Waals surface area contributed by atoms with E-state index >= 15 is 0 Å². The average molecular weight is 677 g/mol. The van der Waals surface area contributed by atoms with Crippen molar-refractivity contribution in [3.8, 4) is 56.0 Å². The second-order valence-electron chi connectivity index (χ2n) is 12.4. The van der Waals surface area contributed by atoms with Crippen LogP contribution in [0, 0.1) is 0 Å². The Morgan fingerprint density at radius 1 is 0.365 bits per heavy atom. The summed E-state index contributed by atoms with van der Waals surface area (Å²) >= 11 is 0. The third kappa shape index (κ3) is 5.52. The fraction of sp³-hybridized carbons (Fsp3) is 0.0455. The van der Waals surface area contributed by atoms with E-state index in [1.54, 1.807) is 14.2 Å². The Kier molecular flexibility index (Phi) is 7.74. The molecule has 2 aliphatic rings. The molecule has 0 saturated heterocycles. The highest BCUT2D eigenvalue weighted by molar-refractivity contribution is 5.99. The number of rotatable bonds is 6. The largest absolute Gasteiger partial charge is 0.497 e. The molecule has 9 rings (SSSR count). The zero-order valence-electron chi connectivity index (χ0n) is 28.5. The van der Waals surface area contributed by atoms with Gasteiger partial charge in [-0.05, 0) is 119 Å². The molecule has 0 aliphatic carbocycles. The van der Waals surface area contributed by atoms with Gasteiger partial charge >= 0.3 is 0 Å². The number of hydrogen-bond donors (Lipinski definition) is 2. The highest BCUT2D eigenvalue weighted by Crippen LogP contribution is 2.38. The second-order valence-corrected chi connectivity index (χ2v) is 12.4. The quantitative estimate of drug-likeness (QED) is 0.182. The van der Waals surface area contributed by atoms with E-state index < -0.39 is 0 Å². The van der Waals surface area contributed by atoms with Crippen LogP contribution in [0.25, 0.3) is 90.9 Å². The van der Waals surface area contributed by atoms with Crippen molar-refractivity contribution in [2.24, 2.45) is 0 Å². The molecule has 0 saturated carbocycles. The van der Waals surface area contributed by atoms with Crippen molar-refractivity contribution < 1.29 is 9.47 Å². The maximum absolute atomic E-state index is 5.51. The lowest BCUT2D eigenvalue weighted by molar-refractivity contribution is 0.415. The van der Waals surface area contributed by atoms with Crippen LogP contribution in [-0.4, -0.2) is 44.1 Å². The van der Waals surface area contributed by atoms with Gasteiger partial charge < -0.3 is 19.4 Å². The molecule has 250 valence electrons. The lowest BCUT2D eigenvalue weighted by atomic mass is 10.0. The average Bonchev–Trinajstić information content (AvgIpc) is 4.04. The van der Waals surface area contributed by atoms with Gasteiger partial charge in [0.1, 0.15) is 11.5 Å². The van der Waals surface area contributed by atoms with Crippen LogP contribution in [0.3, 0.4) is 0 Å². The van der Waals surface area contributed by atoms with Gasteiger partial charge in [0.05, 0.1) is 37.0 Å². The maximum Gasteiger partial charge on any atom is 0.118 e. The molecular weight excluding hydrogens is 645 g/mol. The van der Waals surface area contributed by atoms with Crippen molar-refractivity contribution in [3.05, 3.63) is 145 Å². The molecule has 8 nitrogen and oxygen atoms in total. The summed E-state index contributed by atoms with van der Waals surface area (Å²) in [4.78, 5) is 26.8. The fourth-order valence-corrected chi connectivity index (χ4v) is 6.97. The third-order valence-corrected chi connectivity index (χ3v) is 9.45. The van der Waals surface area contributed by atoms with Crippen molar-refractivity contribution >= 4 is 46.4 Å². The van der Waals surface area contributed by atoms with Crippen LogP contribution in [-0.2, 0) is 0 Å². The molecule has 8 heteroatoms. The number of fused-ring (bicyclic) bond motifs is 8. The Bertz CT molecular complexity index is 2490. The molecule has 52 heavy (non-hydrogen) atoms. The number of nitrogens with zero attached hydrogens (tertiary/aromatic N) is 4. The van der Waals surface area contributed by atoms with Gasteiger partial charge in [0, 0.05) is 69.1 Å². The molecule has 2 aromatic carbocycles. The number of aromatic amines is 2. The summed E-state index contributed by atoms with van der Waals surface area (Å²) in [7, 11) is 3.35. The molecule has 2 aliphatic heterocycles. The van der Waals surface area contributed by atoms with Crippen LogP contribution < -0.4 is 9.47 Å². The van der Waals surface area contributed by atoms with E-state index in [0.717, 1.165) is 101 Å². The number of benzene rings is 2. The Balaban J connectivity index is 1.45. The van der Waals surface area contributed by atoms with Gasteiger partial charge in [0.2, 0.25) is 0 Å². The zero-order chi connectivity index (χ0) is 35.0. The minimum atomic E-state index is 0.785. The molecule has 0 unspecified atom stereocenters. The topological polar surface area (TPSA) is 102 Å².